The van der Waals surface area contributed by atoms with Gasteiger partial charge >= 0.3 is 0 Å². The van der Waals surface area contributed by atoms with E-state index in [-0.39, 0.29) is 5.43 Å². The minimum Gasteiger partial charge on any atom is -0.496 e. The Labute approximate surface area is 172 Å². The quantitative estimate of drug-likeness (QED) is 0.375. The monoisotopic (exact) mass is 405 g/mol. The van der Waals surface area contributed by atoms with Gasteiger partial charge in [-0.1, -0.05) is 30.3 Å². The lowest BCUT2D eigenvalue weighted by Gasteiger charge is -2.40. The molecule has 0 amide bonds. The zero-order valence-corrected chi connectivity index (χ0v) is 17.3. The van der Waals surface area contributed by atoms with Crippen LogP contribution in [-0.2, 0) is 7.05 Å². The Morgan fingerprint density at radius 2 is 1.83 bits per heavy atom. The number of aryl methyl sites for hydroxylation is 1. The molecule has 5 rings (SSSR count). The van der Waals surface area contributed by atoms with Gasteiger partial charge < -0.3 is 24.3 Å². The highest BCUT2D eigenvalue weighted by atomic mass is 16.5. The van der Waals surface area contributed by atoms with Gasteiger partial charge in [-0.05, 0) is 30.7 Å². The molecule has 2 N–H and O–H groups in total. The van der Waals surface area contributed by atoms with Crippen LogP contribution in [0.3, 0.4) is 0 Å². The Bertz CT molecular complexity index is 1400. The second kappa shape index (κ2) is 6.20. The topological polar surface area (TPSA) is 80.9 Å². The normalized spacial score (nSPS) is 20.3. The molecular weight excluding hydrogens is 382 g/mol. The Kier molecular flexibility index (Phi) is 3.91. The third kappa shape index (κ3) is 2.35. The first kappa shape index (κ1) is 18.9. The maximum atomic E-state index is 13.8. The van der Waals surface area contributed by atoms with Crippen molar-refractivity contribution in [2.45, 2.75) is 31.7 Å². The van der Waals surface area contributed by atoms with Gasteiger partial charge in [0.2, 0.25) is 5.43 Å². The van der Waals surface area contributed by atoms with E-state index in [1.807, 2.05) is 48.0 Å². The molecule has 2 heterocycles. The summed E-state index contributed by atoms with van der Waals surface area (Å²) in [5, 5.41) is 24.4. The summed E-state index contributed by atoms with van der Waals surface area (Å²) < 4.78 is 13.5. The van der Waals surface area contributed by atoms with E-state index < -0.39 is 17.8 Å². The highest BCUT2D eigenvalue weighted by molar-refractivity contribution is 6.11. The Morgan fingerprint density at radius 1 is 1.10 bits per heavy atom. The Hall–Kier alpha value is -3.09. The van der Waals surface area contributed by atoms with Gasteiger partial charge in [0.1, 0.15) is 29.3 Å². The number of fused-ring (bicyclic) bond motifs is 6. The maximum Gasteiger partial charge on any atom is 0.201 e. The van der Waals surface area contributed by atoms with Crippen LogP contribution >= 0.6 is 0 Å². The molecule has 1 aliphatic heterocycles. The molecule has 30 heavy (non-hydrogen) atoms. The molecule has 0 fully saturated rings. The molecule has 0 saturated heterocycles. The first-order valence-corrected chi connectivity index (χ1v) is 9.86. The van der Waals surface area contributed by atoms with Gasteiger partial charge in [-0.25, -0.2) is 0 Å². The number of aromatic nitrogens is 1. The summed E-state index contributed by atoms with van der Waals surface area (Å²) in [5.74, 6) is 0.774. The molecule has 0 saturated carbocycles. The van der Waals surface area contributed by atoms with Gasteiger partial charge in [0.05, 0.1) is 34.5 Å². The second-order valence-corrected chi connectivity index (χ2v) is 8.38. The van der Waals surface area contributed by atoms with Gasteiger partial charge in [0, 0.05) is 13.1 Å². The molecule has 0 aliphatic carbocycles. The second-order valence-electron chi connectivity index (χ2n) is 8.38. The smallest absolute Gasteiger partial charge is 0.201 e. The van der Waals surface area contributed by atoms with Gasteiger partial charge in [0.15, 0.2) is 0 Å². The van der Waals surface area contributed by atoms with E-state index in [2.05, 4.69) is 0 Å². The van der Waals surface area contributed by atoms with Crippen LogP contribution in [0.5, 0.6) is 11.5 Å². The van der Waals surface area contributed by atoms with Gasteiger partial charge in [0.25, 0.3) is 0 Å². The number of methoxy groups -OCH3 is 1. The van der Waals surface area contributed by atoms with E-state index in [0.29, 0.717) is 33.4 Å². The molecule has 1 aromatic heterocycles. The van der Waals surface area contributed by atoms with Crippen molar-refractivity contribution in [1.82, 2.24) is 4.57 Å². The number of pyridine rings is 1. The summed E-state index contributed by atoms with van der Waals surface area (Å²) in [7, 11) is 3.35. The van der Waals surface area contributed by atoms with E-state index >= 15 is 0 Å². The predicted molar refractivity (Wildman–Crippen MR) is 116 cm³/mol. The number of benzene rings is 3. The summed E-state index contributed by atoms with van der Waals surface area (Å²) in [4.78, 5) is 13.8. The number of nitrogens with zero attached hydrogens (tertiary/aromatic N) is 1. The first-order chi connectivity index (χ1) is 14.3. The van der Waals surface area contributed by atoms with Crippen molar-refractivity contribution >= 4 is 32.6 Å². The molecule has 0 unspecified atom stereocenters. The molecule has 154 valence electrons. The summed E-state index contributed by atoms with van der Waals surface area (Å²) in [6.45, 7) is 3.43. The number of aliphatic hydroxyl groups excluding tert-OH is 2. The Morgan fingerprint density at radius 3 is 2.57 bits per heavy atom. The zero-order valence-electron chi connectivity index (χ0n) is 17.3. The molecule has 3 aromatic carbocycles. The predicted octanol–water partition coefficient (Wildman–Crippen LogP) is 3.42. The van der Waals surface area contributed by atoms with E-state index in [0.717, 1.165) is 16.3 Å². The number of hydrogen-bond acceptors (Lipinski definition) is 5. The largest absolute Gasteiger partial charge is 0.496 e. The van der Waals surface area contributed by atoms with Crippen LogP contribution in [0.1, 0.15) is 25.5 Å². The first-order valence-electron chi connectivity index (χ1n) is 9.86. The molecule has 0 radical (unpaired) electrons. The van der Waals surface area contributed by atoms with Crippen LogP contribution < -0.4 is 14.9 Å². The molecule has 6 nitrogen and oxygen atoms in total. The van der Waals surface area contributed by atoms with Crippen molar-refractivity contribution in [2.75, 3.05) is 7.11 Å². The van der Waals surface area contributed by atoms with Crippen molar-refractivity contribution in [3.8, 4) is 11.5 Å². The molecule has 1 aliphatic rings. The third-order valence-electron chi connectivity index (χ3n) is 6.22. The summed E-state index contributed by atoms with van der Waals surface area (Å²) >= 11 is 0. The van der Waals surface area contributed by atoms with E-state index in [1.54, 1.807) is 19.9 Å². The lowest BCUT2D eigenvalue weighted by molar-refractivity contribution is -0.111. The van der Waals surface area contributed by atoms with Crippen LogP contribution in [0, 0.1) is 0 Å². The lowest BCUT2D eigenvalue weighted by Crippen LogP contribution is -2.49. The fourth-order valence-corrected chi connectivity index (χ4v) is 4.64. The van der Waals surface area contributed by atoms with Crippen molar-refractivity contribution in [3.05, 3.63) is 58.3 Å². The van der Waals surface area contributed by atoms with Crippen LogP contribution in [-0.4, -0.2) is 33.6 Å². The van der Waals surface area contributed by atoms with Crippen molar-refractivity contribution in [3.63, 3.8) is 0 Å². The molecule has 0 bridgehead atoms. The SMILES string of the molecule is COc1cc2c(c3c1c(=O)c1c4ccccc4ccc1n3C)[C@H](O)[C@H](O)C(C)(C)O2. The fourth-order valence-electron chi connectivity index (χ4n) is 4.64. The molecular formula is C24H23NO5. The number of aliphatic hydroxyl groups is 2. The molecule has 4 aromatic rings. The maximum absolute atomic E-state index is 13.8. The summed E-state index contributed by atoms with van der Waals surface area (Å²) in [6, 6.07) is 13.3. The number of ether oxygens (including phenoxy) is 2. The number of hydrogen-bond donors (Lipinski definition) is 2. The molecule has 2 atom stereocenters. The highest BCUT2D eigenvalue weighted by Gasteiger charge is 2.44. The minimum absolute atomic E-state index is 0.180. The minimum atomic E-state index is -1.21. The van der Waals surface area contributed by atoms with Gasteiger partial charge in [-0.15, -0.1) is 0 Å². The fraction of sp³-hybridized carbons (Fsp3) is 0.292. The lowest BCUT2D eigenvalue weighted by atomic mass is 9.86. The zero-order chi connectivity index (χ0) is 21.4. The van der Waals surface area contributed by atoms with E-state index in [4.69, 9.17) is 9.47 Å². The van der Waals surface area contributed by atoms with Gasteiger partial charge in [-0.2, -0.15) is 0 Å². The van der Waals surface area contributed by atoms with E-state index in [9.17, 15) is 15.0 Å². The van der Waals surface area contributed by atoms with Crippen molar-refractivity contribution < 1.29 is 19.7 Å². The van der Waals surface area contributed by atoms with Crippen LogP contribution in [0.25, 0.3) is 32.6 Å². The summed E-state index contributed by atoms with van der Waals surface area (Å²) in [5.41, 5.74) is 0.456. The summed E-state index contributed by atoms with van der Waals surface area (Å²) in [6.07, 6.45) is -2.36. The third-order valence-corrected chi connectivity index (χ3v) is 6.22. The average molecular weight is 405 g/mol. The number of rotatable bonds is 1. The van der Waals surface area contributed by atoms with Crippen molar-refractivity contribution in [2.24, 2.45) is 7.05 Å². The van der Waals surface area contributed by atoms with Crippen LogP contribution in [0.4, 0.5) is 0 Å². The standard InChI is InChI=1S/C24H23NO5/c1-24(2)23(28)22(27)19-16(30-24)11-15(29-4)18-20(19)25(3)14-10-9-12-7-5-6-8-13(12)17(14)21(18)26/h5-11,22-23,27-28H,1-4H3/t22-,23-/m0/s1. The van der Waals surface area contributed by atoms with E-state index in [1.165, 1.54) is 7.11 Å². The van der Waals surface area contributed by atoms with Gasteiger partial charge in [-0.3, -0.25) is 4.79 Å². The highest BCUT2D eigenvalue weighted by Crippen LogP contribution is 2.46. The molecule has 0 spiro atoms. The van der Waals surface area contributed by atoms with Crippen molar-refractivity contribution in [1.29, 1.82) is 0 Å². The van der Waals surface area contributed by atoms with Crippen LogP contribution in [0.15, 0.2) is 47.3 Å². The molecule has 6 heteroatoms. The Balaban J connectivity index is 2.04. The van der Waals surface area contributed by atoms with Crippen LogP contribution in [0.2, 0.25) is 0 Å². The average Bonchev–Trinajstić information content (AvgIpc) is 2.73.